The maximum Gasteiger partial charge on any atom is 0.160 e. The van der Waals surface area contributed by atoms with Crippen LogP contribution in [0.2, 0.25) is 0 Å². The minimum absolute atomic E-state index is 0.707. The Balaban J connectivity index is 0.997. The molecule has 0 unspecified atom stereocenters. The van der Waals surface area contributed by atoms with E-state index in [-0.39, 0.29) is 0 Å². The molecule has 0 saturated heterocycles. The molecule has 3 heterocycles. The number of hydrogen-bond acceptors (Lipinski definition) is 4. The number of benzene rings is 8. The average molecular weight is 744 g/mol. The van der Waals surface area contributed by atoms with Gasteiger partial charge in [0.1, 0.15) is 0 Å². The Labute approximate surface area is 334 Å². The van der Waals surface area contributed by atoms with Crippen molar-refractivity contribution >= 4 is 53.2 Å². The van der Waals surface area contributed by atoms with Crippen molar-refractivity contribution in [3.05, 3.63) is 200 Å². The first-order valence-corrected chi connectivity index (χ1v) is 20.0. The fourth-order valence-corrected chi connectivity index (χ4v) is 9.29. The lowest BCUT2D eigenvalue weighted by molar-refractivity contribution is 1.18. The summed E-state index contributed by atoms with van der Waals surface area (Å²) in [6, 6.07) is 70.7. The van der Waals surface area contributed by atoms with Gasteiger partial charge in [0.05, 0.1) is 22.6 Å². The first kappa shape index (κ1) is 33.1. The van der Waals surface area contributed by atoms with Crippen LogP contribution < -0.4 is 0 Å². The maximum atomic E-state index is 5.17. The van der Waals surface area contributed by atoms with Gasteiger partial charge in [-0.1, -0.05) is 170 Å². The van der Waals surface area contributed by atoms with Crippen LogP contribution in [0, 0.1) is 0 Å². The molecule has 0 amide bonds. The molecule has 0 saturated carbocycles. The summed E-state index contributed by atoms with van der Waals surface area (Å²) in [5.74, 6) is 0.707. The van der Waals surface area contributed by atoms with E-state index < -0.39 is 0 Å². The molecule has 4 heteroatoms. The van der Waals surface area contributed by atoms with Crippen LogP contribution in [-0.2, 0) is 0 Å². The molecular weight excluding hydrogens is 711 g/mol. The second-order valence-electron chi connectivity index (χ2n) is 14.4. The van der Waals surface area contributed by atoms with Crippen LogP contribution >= 0.6 is 11.3 Å². The highest BCUT2D eigenvalue weighted by atomic mass is 32.1. The normalized spacial score (nSPS) is 11.5. The summed E-state index contributed by atoms with van der Waals surface area (Å²) < 4.78 is 2.58. The van der Waals surface area contributed by atoms with Gasteiger partial charge in [0.2, 0.25) is 0 Å². The fourth-order valence-electron chi connectivity index (χ4n) is 8.05. The molecule has 8 aromatic carbocycles. The molecule has 0 aliphatic carbocycles. The predicted molar refractivity (Wildman–Crippen MR) is 240 cm³/mol. The zero-order valence-corrected chi connectivity index (χ0v) is 31.6. The van der Waals surface area contributed by atoms with Gasteiger partial charge in [0, 0.05) is 58.6 Å². The maximum absolute atomic E-state index is 5.17. The van der Waals surface area contributed by atoms with Crippen LogP contribution in [0.5, 0.6) is 0 Å². The first-order valence-electron chi connectivity index (χ1n) is 19.2. The summed E-state index contributed by atoms with van der Waals surface area (Å²) in [6.45, 7) is 0. The van der Waals surface area contributed by atoms with Crippen LogP contribution in [0.3, 0.4) is 0 Å². The second kappa shape index (κ2) is 13.8. The number of fused-ring (bicyclic) bond motifs is 7. The molecule has 0 aliphatic rings. The largest absolute Gasteiger partial charge is 0.247 e. The molecule has 0 bridgehead atoms. The number of nitrogens with zero attached hydrogens (tertiary/aromatic N) is 3. The van der Waals surface area contributed by atoms with Crippen molar-refractivity contribution in [2.24, 2.45) is 0 Å². The van der Waals surface area contributed by atoms with Crippen LogP contribution in [-0.4, -0.2) is 15.0 Å². The van der Waals surface area contributed by atoms with E-state index >= 15 is 0 Å². The Morgan fingerprint density at radius 3 is 1.65 bits per heavy atom. The van der Waals surface area contributed by atoms with Crippen molar-refractivity contribution in [1.29, 1.82) is 0 Å². The minimum atomic E-state index is 0.707. The Kier molecular flexibility index (Phi) is 8.01. The minimum Gasteiger partial charge on any atom is -0.247 e. The summed E-state index contributed by atoms with van der Waals surface area (Å²) >= 11 is 1.87. The smallest absolute Gasteiger partial charge is 0.160 e. The lowest BCUT2D eigenvalue weighted by Crippen LogP contribution is -1.96. The third-order valence-electron chi connectivity index (χ3n) is 10.9. The van der Waals surface area contributed by atoms with E-state index in [4.69, 9.17) is 15.0 Å². The van der Waals surface area contributed by atoms with Crippen molar-refractivity contribution in [1.82, 2.24) is 15.0 Å². The highest BCUT2D eigenvalue weighted by Gasteiger charge is 2.17. The molecule has 0 fully saturated rings. The van der Waals surface area contributed by atoms with E-state index in [1.54, 1.807) is 0 Å². The van der Waals surface area contributed by atoms with E-state index in [1.165, 1.54) is 47.5 Å². The number of pyridine rings is 1. The van der Waals surface area contributed by atoms with Crippen molar-refractivity contribution in [2.75, 3.05) is 0 Å². The van der Waals surface area contributed by atoms with Gasteiger partial charge in [0.25, 0.3) is 0 Å². The quantitative estimate of drug-likeness (QED) is 0.159. The van der Waals surface area contributed by atoms with Crippen molar-refractivity contribution in [2.45, 2.75) is 0 Å². The van der Waals surface area contributed by atoms with E-state index in [9.17, 15) is 0 Å². The summed E-state index contributed by atoms with van der Waals surface area (Å²) in [5.41, 5.74) is 12.7. The lowest BCUT2D eigenvalue weighted by atomic mass is 9.97. The molecule has 57 heavy (non-hydrogen) atoms. The summed E-state index contributed by atoms with van der Waals surface area (Å²) in [7, 11) is 0. The van der Waals surface area contributed by atoms with Crippen LogP contribution in [0.25, 0.3) is 109 Å². The topological polar surface area (TPSA) is 38.7 Å². The highest BCUT2D eigenvalue weighted by Crippen LogP contribution is 2.44. The Morgan fingerprint density at radius 1 is 0.316 bits per heavy atom. The predicted octanol–water partition coefficient (Wildman–Crippen LogP) is 14.5. The molecule has 11 aromatic rings. The molecule has 0 spiro atoms. The van der Waals surface area contributed by atoms with Gasteiger partial charge in [-0.05, 0) is 52.6 Å². The molecule has 3 nitrogen and oxygen atoms in total. The molecule has 266 valence electrons. The fraction of sp³-hybridized carbons (Fsp3) is 0. The number of thiophene rings is 1. The Morgan fingerprint density at radius 2 is 0.877 bits per heavy atom. The van der Waals surface area contributed by atoms with Gasteiger partial charge in [0.15, 0.2) is 5.82 Å². The molecule has 3 aromatic heterocycles. The standard InChI is InChI=1S/C53H33N3S/c1-4-13-34(14-5-1)39-19-12-20-41(31-39)48-33-47(55-53(56-48)38-17-8-3-9-18-38)36-25-23-35(24-26-36)40-27-30-49-45(32-40)42-28-29-44-50(52(42)57-49)43-21-10-11-22-46(43)54-51(44)37-15-6-2-7-16-37/h1-33H. The lowest BCUT2D eigenvalue weighted by Gasteiger charge is -2.11. The van der Waals surface area contributed by atoms with Gasteiger partial charge in [-0.25, -0.2) is 15.0 Å². The first-order chi connectivity index (χ1) is 28.2. The Bertz CT molecular complexity index is 3260. The summed E-state index contributed by atoms with van der Waals surface area (Å²) in [5, 5.41) is 6.19. The SMILES string of the molecule is c1ccc(-c2cccc(-c3cc(-c4ccc(-c5ccc6sc7c(ccc8c(-c9ccccc9)nc9ccccc9c87)c6c5)cc4)nc(-c4ccccc4)n3)c2)cc1. The molecule has 0 N–H and O–H groups in total. The monoisotopic (exact) mass is 743 g/mol. The number of aromatic nitrogens is 3. The highest BCUT2D eigenvalue weighted by molar-refractivity contribution is 7.26. The van der Waals surface area contributed by atoms with Gasteiger partial charge < -0.3 is 0 Å². The third kappa shape index (κ3) is 5.95. The van der Waals surface area contributed by atoms with Gasteiger partial charge >= 0.3 is 0 Å². The van der Waals surface area contributed by atoms with E-state index in [0.717, 1.165) is 56.0 Å². The Hall–Kier alpha value is -7.27. The number of para-hydroxylation sites is 1. The van der Waals surface area contributed by atoms with Gasteiger partial charge in [-0.3, -0.25) is 0 Å². The summed E-state index contributed by atoms with van der Waals surface area (Å²) in [4.78, 5) is 15.4. The van der Waals surface area contributed by atoms with E-state index in [0.29, 0.717) is 5.82 Å². The molecule has 11 rings (SSSR count). The number of rotatable bonds is 6. The van der Waals surface area contributed by atoms with Gasteiger partial charge in [-0.2, -0.15) is 0 Å². The summed E-state index contributed by atoms with van der Waals surface area (Å²) in [6.07, 6.45) is 0. The number of hydrogen-bond donors (Lipinski definition) is 0. The second-order valence-corrected chi connectivity index (χ2v) is 15.4. The van der Waals surface area contributed by atoms with Crippen molar-refractivity contribution in [3.63, 3.8) is 0 Å². The van der Waals surface area contributed by atoms with Crippen LogP contribution in [0.1, 0.15) is 0 Å². The van der Waals surface area contributed by atoms with Crippen LogP contribution in [0.15, 0.2) is 200 Å². The molecule has 0 atom stereocenters. The molecular formula is C53H33N3S. The zero-order valence-electron chi connectivity index (χ0n) is 30.8. The third-order valence-corrected chi connectivity index (χ3v) is 12.1. The van der Waals surface area contributed by atoms with Crippen LogP contribution in [0.4, 0.5) is 0 Å². The average Bonchev–Trinajstić information content (AvgIpc) is 3.68. The van der Waals surface area contributed by atoms with Crippen molar-refractivity contribution < 1.29 is 0 Å². The molecule has 0 aliphatic heterocycles. The zero-order chi connectivity index (χ0) is 37.7. The van der Waals surface area contributed by atoms with Crippen molar-refractivity contribution in [3.8, 4) is 67.4 Å². The van der Waals surface area contributed by atoms with E-state index in [2.05, 4.69) is 176 Å². The van der Waals surface area contributed by atoms with Gasteiger partial charge in [-0.15, -0.1) is 11.3 Å². The molecule has 0 radical (unpaired) electrons. The van der Waals surface area contributed by atoms with E-state index in [1.807, 2.05) is 35.6 Å².